The summed E-state index contributed by atoms with van der Waals surface area (Å²) in [5, 5.41) is 2.14. The number of rotatable bonds is 8. The molecule has 1 fully saturated rings. The van der Waals surface area contributed by atoms with Crippen molar-refractivity contribution >= 4 is 52.2 Å². The van der Waals surface area contributed by atoms with Gasteiger partial charge in [-0.15, -0.1) is 0 Å². The van der Waals surface area contributed by atoms with Crippen LogP contribution in [0, 0.1) is 11.6 Å². The number of methoxy groups -OCH3 is 1. The van der Waals surface area contributed by atoms with E-state index >= 15 is 0 Å². The van der Waals surface area contributed by atoms with E-state index in [1.165, 1.54) is 13.2 Å². The van der Waals surface area contributed by atoms with Gasteiger partial charge in [-0.3, -0.25) is 19.3 Å². The minimum atomic E-state index is -0.976. The molecule has 4 rings (SSSR count). The number of halogens is 3. The van der Waals surface area contributed by atoms with E-state index in [2.05, 4.69) is 5.32 Å². The zero-order valence-electron chi connectivity index (χ0n) is 19.3. The van der Waals surface area contributed by atoms with Crippen LogP contribution in [-0.4, -0.2) is 35.6 Å². The molecule has 1 heterocycles. The highest BCUT2D eigenvalue weighted by atomic mass is 35.5. The Hall–Kier alpha value is -3.89. The molecule has 7 nitrogen and oxygen atoms in total. The fraction of sp³-hybridized carbons (Fsp3) is 0.115. The standard InChI is InChI=1S/C26H19ClF2N2O5S/c1-35-22-10-15(6-9-21(22)36-14-16-4-2-3-5-18(16)27)11-23-25(33)31(26(34)37-23)13-24(32)30-20-8-7-17(28)12-19(20)29/h2-12H,13-14H2,1H3,(H,30,32)/b23-11+. The Balaban J connectivity index is 1.43. The Morgan fingerprint density at radius 1 is 1.08 bits per heavy atom. The van der Waals surface area contributed by atoms with Crippen LogP contribution in [0.3, 0.4) is 0 Å². The number of thioether (sulfide) groups is 1. The van der Waals surface area contributed by atoms with Crippen molar-refractivity contribution in [1.82, 2.24) is 4.90 Å². The van der Waals surface area contributed by atoms with Crippen molar-refractivity contribution in [2.45, 2.75) is 6.61 Å². The van der Waals surface area contributed by atoms with Crippen molar-refractivity contribution < 1.29 is 32.6 Å². The van der Waals surface area contributed by atoms with Gasteiger partial charge >= 0.3 is 0 Å². The molecule has 3 aromatic carbocycles. The second-order valence-electron chi connectivity index (χ2n) is 7.73. The van der Waals surface area contributed by atoms with Crippen molar-refractivity contribution in [1.29, 1.82) is 0 Å². The summed E-state index contributed by atoms with van der Waals surface area (Å²) in [6.07, 6.45) is 1.49. The quantitative estimate of drug-likeness (QED) is 0.356. The maximum absolute atomic E-state index is 13.8. The number of amides is 3. The van der Waals surface area contributed by atoms with Crippen molar-refractivity contribution in [3.63, 3.8) is 0 Å². The summed E-state index contributed by atoms with van der Waals surface area (Å²) in [5.74, 6) is -2.41. The number of ether oxygens (including phenoxy) is 2. The van der Waals surface area contributed by atoms with E-state index in [0.29, 0.717) is 39.9 Å². The topological polar surface area (TPSA) is 84.9 Å². The number of hydrogen-bond acceptors (Lipinski definition) is 6. The molecule has 11 heteroatoms. The predicted molar refractivity (Wildman–Crippen MR) is 136 cm³/mol. The number of hydrogen-bond donors (Lipinski definition) is 1. The highest BCUT2D eigenvalue weighted by Crippen LogP contribution is 2.35. The van der Waals surface area contributed by atoms with E-state index in [4.69, 9.17) is 21.1 Å². The summed E-state index contributed by atoms with van der Waals surface area (Å²) >= 11 is 6.83. The Morgan fingerprint density at radius 3 is 2.59 bits per heavy atom. The lowest BCUT2D eigenvalue weighted by atomic mass is 10.1. The third-order valence-electron chi connectivity index (χ3n) is 5.21. The maximum atomic E-state index is 13.8. The lowest BCUT2D eigenvalue weighted by Gasteiger charge is -2.13. The molecule has 1 aliphatic heterocycles. The minimum Gasteiger partial charge on any atom is -0.493 e. The smallest absolute Gasteiger partial charge is 0.294 e. The first-order valence-electron chi connectivity index (χ1n) is 10.8. The van der Waals surface area contributed by atoms with Crippen LogP contribution in [0.4, 0.5) is 19.3 Å². The Kier molecular flexibility index (Phi) is 8.10. The third kappa shape index (κ3) is 6.28. The van der Waals surface area contributed by atoms with E-state index in [1.807, 2.05) is 18.2 Å². The molecule has 0 aliphatic carbocycles. The third-order valence-corrected chi connectivity index (χ3v) is 6.48. The SMILES string of the molecule is COc1cc(/C=C2/SC(=O)N(CC(=O)Nc3ccc(F)cc3F)C2=O)ccc1OCc1ccccc1Cl. The van der Waals surface area contributed by atoms with E-state index in [1.54, 1.807) is 24.3 Å². The summed E-state index contributed by atoms with van der Waals surface area (Å²) in [6.45, 7) is -0.408. The van der Waals surface area contributed by atoms with Crippen LogP contribution in [0.1, 0.15) is 11.1 Å². The predicted octanol–water partition coefficient (Wildman–Crippen LogP) is 5.88. The summed E-state index contributed by atoms with van der Waals surface area (Å²) in [7, 11) is 1.47. The lowest BCUT2D eigenvalue weighted by molar-refractivity contribution is -0.127. The molecule has 0 atom stereocenters. The summed E-state index contributed by atoms with van der Waals surface area (Å²) in [6, 6.07) is 14.9. The van der Waals surface area contributed by atoms with Gasteiger partial charge in [-0.2, -0.15) is 0 Å². The zero-order chi connectivity index (χ0) is 26.5. The number of benzene rings is 3. The molecule has 0 unspecified atom stereocenters. The van der Waals surface area contributed by atoms with Gasteiger partial charge in [0.1, 0.15) is 24.8 Å². The largest absolute Gasteiger partial charge is 0.493 e. The van der Waals surface area contributed by atoms with Gasteiger partial charge in [-0.05, 0) is 53.7 Å². The fourth-order valence-electron chi connectivity index (χ4n) is 3.38. The molecule has 0 spiro atoms. The summed E-state index contributed by atoms with van der Waals surface area (Å²) in [5.41, 5.74) is 1.10. The van der Waals surface area contributed by atoms with Gasteiger partial charge in [0, 0.05) is 16.7 Å². The lowest BCUT2D eigenvalue weighted by Crippen LogP contribution is -2.36. The molecule has 3 amide bonds. The number of nitrogens with one attached hydrogen (secondary N) is 1. The molecular weight excluding hydrogens is 526 g/mol. The normalized spacial score (nSPS) is 14.3. The van der Waals surface area contributed by atoms with E-state index < -0.39 is 35.2 Å². The van der Waals surface area contributed by atoms with Gasteiger partial charge in [0.25, 0.3) is 11.1 Å². The van der Waals surface area contributed by atoms with Gasteiger partial charge in [-0.25, -0.2) is 8.78 Å². The van der Waals surface area contributed by atoms with E-state index in [-0.39, 0.29) is 17.2 Å². The highest BCUT2D eigenvalue weighted by Gasteiger charge is 2.36. The Labute approximate surface area is 220 Å². The molecule has 1 saturated heterocycles. The molecule has 37 heavy (non-hydrogen) atoms. The van der Waals surface area contributed by atoms with Gasteiger partial charge < -0.3 is 14.8 Å². The second kappa shape index (κ2) is 11.4. The number of carbonyl (C=O) groups is 3. The van der Waals surface area contributed by atoms with E-state index in [0.717, 1.165) is 22.6 Å². The first-order valence-corrected chi connectivity index (χ1v) is 12.0. The minimum absolute atomic E-state index is 0.0950. The molecule has 0 bridgehead atoms. The van der Waals surface area contributed by atoms with Gasteiger partial charge in [0.05, 0.1) is 17.7 Å². The average molecular weight is 545 g/mol. The monoisotopic (exact) mass is 544 g/mol. The van der Waals surface area contributed by atoms with Crippen LogP contribution in [0.25, 0.3) is 6.08 Å². The first kappa shape index (κ1) is 26.2. The highest BCUT2D eigenvalue weighted by molar-refractivity contribution is 8.18. The van der Waals surface area contributed by atoms with Crippen molar-refractivity contribution in [3.8, 4) is 11.5 Å². The Morgan fingerprint density at radius 2 is 1.86 bits per heavy atom. The van der Waals surface area contributed by atoms with Gasteiger partial charge in [-0.1, -0.05) is 35.9 Å². The Bertz CT molecular complexity index is 1420. The van der Waals surface area contributed by atoms with Crippen LogP contribution >= 0.6 is 23.4 Å². The molecule has 3 aromatic rings. The molecule has 0 aromatic heterocycles. The van der Waals surface area contributed by atoms with Crippen molar-refractivity contribution in [2.24, 2.45) is 0 Å². The van der Waals surface area contributed by atoms with E-state index in [9.17, 15) is 23.2 Å². The van der Waals surface area contributed by atoms with Crippen LogP contribution in [0.15, 0.2) is 65.6 Å². The average Bonchev–Trinajstić information content (AvgIpc) is 3.13. The second-order valence-corrected chi connectivity index (χ2v) is 9.13. The van der Waals surface area contributed by atoms with Crippen LogP contribution < -0.4 is 14.8 Å². The molecule has 1 N–H and O–H groups in total. The van der Waals surface area contributed by atoms with Gasteiger partial charge in [0.2, 0.25) is 5.91 Å². The number of nitrogens with zero attached hydrogens (tertiary/aromatic N) is 1. The summed E-state index contributed by atoms with van der Waals surface area (Å²) < 4.78 is 38.1. The number of carbonyl (C=O) groups excluding carboxylic acids is 3. The van der Waals surface area contributed by atoms with Crippen LogP contribution in [0.2, 0.25) is 5.02 Å². The molecule has 190 valence electrons. The van der Waals surface area contributed by atoms with Crippen molar-refractivity contribution in [2.75, 3.05) is 19.0 Å². The fourth-order valence-corrected chi connectivity index (χ4v) is 4.40. The zero-order valence-corrected chi connectivity index (χ0v) is 20.9. The molecule has 1 aliphatic rings. The number of imide groups is 1. The summed E-state index contributed by atoms with van der Waals surface area (Å²) in [4.78, 5) is 38.3. The van der Waals surface area contributed by atoms with Gasteiger partial charge in [0.15, 0.2) is 11.5 Å². The first-order chi connectivity index (χ1) is 17.7. The van der Waals surface area contributed by atoms with Crippen LogP contribution in [0.5, 0.6) is 11.5 Å². The molecular formula is C26H19ClF2N2O5S. The van der Waals surface area contributed by atoms with Crippen molar-refractivity contribution in [3.05, 3.63) is 93.4 Å². The molecule has 0 radical (unpaired) electrons. The molecule has 0 saturated carbocycles. The van der Waals surface area contributed by atoms with Crippen LogP contribution in [-0.2, 0) is 16.2 Å². The number of anilines is 1. The maximum Gasteiger partial charge on any atom is 0.294 e.